The molecule has 0 aliphatic heterocycles. The standard InChI is InChI=1S/C12H15ClN4/c1-9(13)7-8-17(2)12-14-10-5-3-4-6-11(10)15-16-12/h3-6,9H,7-8H2,1-2H3. The molecule has 1 aromatic carbocycles. The molecule has 0 N–H and O–H groups in total. The van der Waals surface area contributed by atoms with Crippen LogP contribution in [-0.2, 0) is 0 Å². The van der Waals surface area contributed by atoms with Crippen molar-refractivity contribution in [3.63, 3.8) is 0 Å². The maximum atomic E-state index is 5.92. The average molecular weight is 251 g/mol. The SMILES string of the molecule is CC(Cl)CCN(C)c1nnc2ccccc2n1. The molecular formula is C12H15ClN4. The summed E-state index contributed by atoms with van der Waals surface area (Å²) in [7, 11) is 1.95. The van der Waals surface area contributed by atoms with Crippen LogP contribution in [0.25, 0.3) is 11.0 Å². The molecule has 2 aromatic rings. The highest BCUT2D eigenvalue weighted by Gasteiger charge is 2.07. The highest BCUT2D eigenvalue weighted by atomic mass is 35.5. The second-order valence-corrected chi connectivity index (χ2v) is 4.84. The number of rotatable bonds is 4. The Kier molecular flexibility index (Phi) is 3.74. The number of anilines is 1. The first kappa shape index (κ1) is 12.0. The highest BCUT2D eigenvalue weighted by molar-refractivity contribution is 6.20. The topological polar surface area (TPSA) is 41.9 Å². The van der Waals surface area contributed by atoms with Gasteiger partial charge in [0.2, 0.25) is 5.95 Å². The minimum atomic E-state index is 0.158. The molecule has 17 heavy (non-hydrogen) atoms. The average Bonchev–Trinajstić information content (AvgIpc) is 2.35. The van der Waals surface area contributed by atoms with Crippen LogP contribution in [0, 0.1) is 0 Å². The summed E-state index contributed by atoms with van der Waals surface area (Å²) in [4.78, 5) is 6.43. The van der Waals surface area contributed by atoms with Gasteiger partial charge in [-0.05, 0) is 25.5 Å². The predicted octanol–water partition coefficient (Wildman–Crippen LogP) is 2.48. The lowest BCUT2D eigenvalue weighted by atomic mass is 10.3. The third kappa shape index (κ3) is 3.03. The Morgan fingerprint density at radius 3 is 2.65 bits per heavy atom. The van der Waals surface area contributed by atoms with Crippen LogP contribution in [0.1, 0.15) is 13.3 Å². The van der Waals surface area contributed by atoms with Gasteiger partial charge in [0, 0.05) is 19.0 Å². The summed E-state index contributed by atoms with van der Waals surface area (Å²) in [5, 5.41) is 8.41. The fourth-order valence-electron chi connectivity index (χ4n) is 1.51. The molecule has 0 bridgehead atoms. The van der Waals surface area contributed by atoms with Crippen molar-refractivity contribution in [1.29, 1.82) is 0 Å². The monoisotopic (exact) mass is 250 g/mol. The van der Waals surface area contributed by atoms with E-state index in [0.29, 0.717) is 5.95 Å². The predicted molar refractivity (Wildman–Crippen MR) is 70.5 cm³/mol. The number of benzene rings is 1. The Labute approximate surface area is 106 Å². The Balaban J connectivity index is 2.18. The first-order chi connectivity index (χ1) is 8.16. The Hall–Kier alpha value is -1.42. The number of halogens is 1. The van der Waals surface area contributed by atoms with Crippen molar-refractivity contribution in [3.05, 3.63) is 24.3 Å². The zero-order valence-corrected chi connectivity index (χ0v) is 10.7. The van der Waals surface area contributed by atoms with Gasteiger partial charge in [-0.3, -0.25) is 0 Å². The van der Waals surface area contributed by atoms with Crippen molar-refractivity contribution in [2.45, 2.75) is 18.7 Å². The Morgan fingerprint density at radius 1 is 1.24 bits per heavy atom. The Morgan fingerprint density at radius 2 is 1.94 bits per heavy atom. The van der Waals surface area contributed by atoms with Gasteiger partial charge >= 0.3 is 0 Å². The lowest BCUT2D eigenvalue weighted by Crippen LogP contribution is -2.23. The second-order valence-electron chi connectivity index (χ2n) is 4.09. The van der Waals surface area contributed by atoms with Crippen LogP contribution >= 0.6 is 11.6 Å². The van der Waals surface area contributed by atoms with E-state index in [-0.39, 0.29) is 5.38 Å². The molecule has 90 valence electrons. The van der Waals surface area contributed by atoms with Gasteiger partial charge in [0.1, 0.15) is 5.52 Å². The molecular weight excluding hydrogens is 236 g/mol. The summed E-state index contributed by atoms with van der Waals surface area (Å²) in [6, 6.07) is 7.71. The summed E-state index contributed by atoms with van der Waals surface area (Å²) in [5.41, 5.74) is 1.68. The van der Waals surface area contributed by atoms with E-state index in [0.717, 1.165) is 24.0 Å². The molecule has 1 atom stereocenters. The van der Waals surface area contributed by atoms with Gasteiger partial charge in [0.05, 0.1) is 5.52 Å². The lowest BCUT2D eigenvalue weighted by molar-refractivity contribution is 0.750. The quantitative estimate of drug-likeness (QED) is 0.782. The van der Waals surface area contributed by atoms with Gasteiger partial charge in [0.15, 0.2) is 0 Å². The molecule has 1 unspecified atom stereocenters. The van der Waals surface area contributed by atoms with Crippen LogP contribution in [0.5, 0.6) is 0 Å². The van der Waals surface area contributed by atoms with Crippen LogP contribution in [0.3, 0.4) is 0 Å². The van der Waals surface area contributed by atoms with Gasteiger partial charge in [0.25, 0.3) is 0 Å². The third-order valence-electron chi connectivity index (χ3n) is 2.55. The van der Waals surface area contributed by atoms with Crippen molar-refractivity contribution in [2.75, 3.05) is 18.5 Å². The maximum absolute atomic E-state index is 5.92. The number of hydrogen-bond acceptors (Lipinski definition) is 4. The molecule has 5 heteroatoms. The molecule has 0 fully saturated rings. The summed E-state index contributed by atoms with van der Waals surface area (Å²) in [6.45, 7) is 2.81. The first-order valence-electron chi connectivity index (χ1n) is 5.61. The van der Waals surface area contributed by atoms with Crippen molar-refractivity contribution >= 4 is 28.6 Å². The van der Waals surface area contributed by atoms with Gasteiger partial charge in [-0.2, -0.15) is 0 Å². The molecule has 2 rings (SSSR count). The molecule has 0 radical (unpaired) electrons. The highest BCUT2D eigenvalue weighted by Crippen LogP contribution is 2.12. The molecule has 1 heterocycles. The number of aromatic nitrogens is 3. The van der Waals surface area contributed by atoms with Gasteiger partial charge in [-0.1, -0.05) is 12.1 Å². The second kappa shape index (κ2) is 5.27. The molecule has 0 aliphatic carbocycles. The van der Waals surface area contributed by atoms with E-state index in [4.69, 9.17) is 11.6 Å². The number of nitrogens with zero attached hydrogens (tertiary/aromatic N) is 4. The van der Waals surface area contributed by atoms with E-state index in [1.807, 2.05) is 43.1 Å². The largest absolute Gasteiger partial charge is 0.343 e. The molecule has 0 spiro atoms. The van der Waals surface area contributed by atoms with Crippen molar-refractivity contribution < 1.29 is 0 Å². The molecule has 0 saturated carbocycles. The molecule has 4 nitrogen and oxygen atoms in total. The summed E-state index contributed by atoms with van der Waals surface area (Å²) < 4.78 is 0. The van der Waals surface area contributed by atoms with Gasteiger partial charge in [-0.15, -0.1) is 21.8 Å². The summed E-state index contributed by atoms with van der Waals surface area (Å²) in [5.74, 6) is 0.640. The van der Waals surface area contributed by atoms with E-state index in [9.17, 15) is 0 Å². The first-order valence-corrected chi connectivity index (χ1v) is 6.05. The maximum Gasteiger partial charge on any atom is 0.245 e. The van der Waals surface area contributed by atoms with E-state index in [1.54, 1.807) is 0 Å². The zero-order chi connectivity index (χ0) is 12.3. The van der Waals surface area contributed by atoms with Crippen LogP contribution in [0.2, 0.25) is 0 Å². The van der Waals surface area contributed by atoms with E-state index < -0.39 is 0 Å². The molecule has 0 saturated heterocycles. The minimum Gasteiger partial charge on any atom is -0.343 e. The molecule has 0 aliphatic rings. The van der Waals surface area contributed by atoms with Crippen molar-refractivity contribution in [1.82, 2.24) is 15.2 Å². The fraction of sp³-hybridized carbons (Fsp3) is 0.417. The summed E-state index contributed by atoms with van der Waals surface area (Å²) >= 11 is 5.92. The van der Waals surface area contributed by atoms with Crippen LogP contribution in [0.4, 0.5) is 5.95 Å². The Bertz CT molecular complexity index is 501. The minimum absolute atomic E-state index is 0.158. The number of alkyl halides is 1. The number of fused-ring (bicyclic) bond motifs is 1. The van der Waals surface area contributed by atoms with Crippen molar-refractivity contribution in [3.8, 4) is 0 Å². The van der Waals surface area contributed by atoms with E-state index >= 15 is 0 Å². The van der Waals surface area contributed by atoms with Gasteiger partial charge < -0.3 is 4.90 Å². The van der Waals surface area contributed by atoms with Crippen LogP contribution in [-0.4, -0.2) is 34.2 Å². The van der Waals surface area contributed by atoms with Gasteiger partial charge in [-0.25, -0.2) is 4.98 Å². The number of hydrogen-bond donors (Lipinski definition) is 0. The summed E-state index contributed by atoms with van der Waals surface area (Å²) in [6.07, 6.45) is 0.897. The fourth-order valence-corrected chi connectivity index (χ4v) is 1.60. The smallest absolute Gasteiger partial charge is 0.245 e. The van der Waals surface area contributed by atoms with Crippen molar-refractivity contribution in [2.24, 2.45) is 0 Å². The van der Waals surface area contributed by atoms with Crippen LogP contribution < -0.4 is 4.90 Å². The van der Waals surface area contributed by atoms with E-state index in [1.165, 1.54) is 0 Å². The lowest BCUT2D eigenvalue weighted by Gasteiger charge is -2.16. The normalized spacial score (nSPS) is 12.6. The van der Waals surface area contributed by atoms with Crippen LogP contribution in [0.15, 0.2) is 24.3 Å². The zero-order valence-electron chi connectivity index (χ0n) is 9.97. The number of para-hydroxylation sites is 1. The third-order valence-corrected chi connectivity index (χ3v) is 2.77. The van der Waals surface area contributed by atoms with E-state index in [2.05, 4.69) is 15.2 Å². The molecule has 0 amide bonds. The molecule has 1 aromatic heterocycles.